The molecular weight excluding hydrogens is 371 g/mol. The van der Waals surface area contributed by atoms with E-state index in [4.69, 9.17) is 4.84 Å². The lowest BCUT2D eigenvalue weighted by molar-refractivity contribution is -0.290. The fourth-order valence-corrected chi connectivity index (χ4v) is 3.04. The summed E-state index contributed by atoms with van der Waals surface area (Å²) in [6.45, 7) is 0.638. The summed E-state index contributed by atoms with van der Waals surface area (Å²) in [7, 11) is 0. The van der Waals surface area contributed by atoms with Crippen molar-refractivity contribution < 1.29 is 31.9 Å². The van der Waals surface area contributed by atoms with Crippen LogP contribution < -0.4 is 4.84 Å². The Morgan fingerprint density at radius 1 is 1.04 bits per heavy atom. The first-order chi connectivity index (χ1) is 12.7. The van der Waals surface area contributed by atoms with Gasteiger partial charge in [-0.2, -0.15) is 22.0 Å². The van der Waals surface area contributed by atoms with Gasteiger partial charge in [0.2, 0.25) is 0 Å². The molecule has 0 spiro atoms. The van der Waals surface area contributed by atoms with Gasteiger partial charge in [-0.1, -0.05) is 12.1 Å². The number of hydrogen-bond donors (Lipinski definition) is 0. The number of piperidine rings is 1. The highest BCUT2D eigenvalue weighted by atomic mass is 19.4. The van der Waals surface area contributed by atoms with Crippen LogP contribution in [0.4, 0.5) is 22.0 Å². The zero-order valence-electron chi connectivity index (χ0n) is 14.0. The standard InChI is InChI=1S/C18H16F5N2O2/c19-17(20,18(21,22)23)15-3-1-2-4-16(15)27-25-7-5-12(6-8-25)13-9-14(26)11-24-10-13/h1-4,9-12H,5-8H2. The minimum atomic E-state index is -5.71. The van der Waals surface area contributed by atoms with Gasteiger partial charge < -0.3 is 4.84 Å². The average molecular weight is 387 g/mol. The van der Waals surface area contributed by atoms with Crippen LogP contribution >= 0.6 is 0 Å². The lowest BCUT2D eigenvalue weighted by Crippen LogP contribution is -2.38. The van der Waals surface area contributed by atoms with Gasteiger partial charge in [-0.3, -0.25) is 10.1 Å². The molecule has 0 N–H and O–H groups in total. The second-order valence-electron chi connectivity index (χ2n) is 6.32. The molecule has 9 heteroatoms. The maximum absolute atomic E-state index is 13.7. The predicted molar refractivity (Wildman–Crippen MR) is 84.9 cm³/mol. The Kier molecular flexibility index (Phi) is 5.23. The van der Waals surface area contributed by atoms with Gasteiger partial charge in [-0.05, 0) is 42.5 Å². The smallest absolute Gasteiger partial charge is 0.405 e. The van der Waals surface area contributed by atoms with Gasteiger partial charge in [0.25, 0.3) is 0 Å². The third-order valence-corrected chi connectivity index (χ3v) is 4.47. The van der Waals surface area contributed by atoms with E-state index < -0.39 is 23.4 Å². The second-order valence-corrected chi connectivity index (χ2v) is 6.32. The SMILES string of the molecule is [O]c1cncc(C2CCN(Oc3ccccc3C(F)(F)C(F)(F)F)CC2)c1. The molecule has 1 aromatic carbocycles. The van der Waals surface area contributed by atoms with Crippen molar-refractivity contribution in [1.29, 1.82) is 0 Å². The van der Waals surface area contributed by atoms with Crippen molar-refractivity contribution >= 4 is 0 Å². The molecule has 0 atom stereocenters. The molecule has 0 amide bonds. The normalized spacial score (nSPS) is 17.1. The van der Waals surface area contributed by atoms with Crippen molar-refractivity contribution in [2.24, 2.45) is 0 Å². The molecule has 3 rings (SSSR count). The maximum atomic E-state index is 13.7. The predicted octanol–water partition coefficient (Wildman–Crippen LogP) is 5.05. The molecule has 1 aliphatic heterocycles. The van der Waals surface area contributed by atoms with Crippen LogP contribution in [0, 0.1) is 0 Å². The molecule has 0 saturated carbocycles. The number of alkyl halides is 5. The summed E-state index contributed by atoms with van der Waals surface area (Å²) in [5.74, 6) is -5.68. The topological polar surface area (TPSA) is 45.3 Å². The van der Waals surface area contributed by atoms with Crippen LogP contribution in [-0.4, -0.2) is 29.3 Å². The Hall–Kier alpha value is -2.42. The first-order valence-corrected chi connectivity index (χ1v) is 8.27. The van der Waals surface area contributed by atoms with Crippen LogP contribution in [0.25, 0.3) is 0 Å². The molecule has 145 valence electrons. The third kappa shape index (κ3) is 4.13. The molecule has 1 aromatic heterocycles. The van der Waals surface area contributed by atoms with Gasteiger partial charge in [0.1, 0.15) is 0 Å². The van der Waals surface area contributed by atoms with E-state index in [1.165, 1.54) is 23.4 Å². The van der Waals surface area contributed by atoms with E-state index in [9.17, 15) is 27.1 Å². The highest BCUT2D eigenvalue weighted by Gasteiger charge is 2.60. The Morgan fingerprint density at radius 3 is 2.33 bits per heavy atom. The fraction of sp³-hybridized carbons (Fsp3) is 0.389. The van der Waals surface area contributed by atoms with E-state index in [0.717, 1.165) is 17.7 Å². The van der Waals surface area contributed by atoms with E-state index in [2.05, 4.69) is 4.98 Å². The first kappa shape index (κ1) is 19.3. The van der Waals surface area contributed by atoms with E-state index in [0.29, 0.717) is 32.0 Å². The second kappa shape index (κ2) is 7.30. The monoisotopic (exact) mass is 387 g/mol. The van der Waals surface area contributed by atoms with Crippen molar-refractivity contribution in [2.75, 3.05) is 13.1 Å². The summed E-state index contributed by atoms with van der Waals surface area (Å²) in [6, 6.07) is 5.74. The lowest BCUT2D eigenvalue weighted by Gasteiger charge is -2.32. The summed E-state index contributed by atoms with van der Waals surface area (Å²) in [5.41, 5.74) is -0.436. The number of para-hydroxylation sites is 1. The van der Waals surface area contributed by atoms with E-state index >= 15 is 0 Å². The molecule has 27 heavy (non-hydrogen) atoms. The minimum absolute atomic E-state index is 0.0538. The van der Waals surface area contributed by atoms with Crippen molar-refractivity contribution in [3.8, 4) is 11.5 Å². The number of halogens is 5. The fourth-order valence-electron chi connectivity index (χ4n) is 3.04. The molecule has 4 nitrogen and oxygen atoms in total. The van der Waals surface area contributed by atoms with Crippen LogP contribution in [0.5, 0.6) is 11.5 Å². The Balaban J connectivity index is 1.70. The highest BCUT2D eigenvalue weighted by molar-refractivity contribution is 5.37. The molecule has 2 aromatic rings. The molecule has 1 saturated heterocycles. The Labute approximate surface area is 152 Å². The van der Waals surface area contributed by atoms with Crippen LogP contribution in [0.1, 0.15) is 29.9 Å². The summed E-state index contributed by atoms with van der Waals surface area (Å²) in [5, 5.41) is 12.7. The molecule has 2 heterocycles. The van der Waals surface area contributed by atoms with Gasteiger partial charge in [0.05, 0.1) is 11.8 Å². The average Bonchev–Trinajstić information content (AvgIpc) is 2.62. The number of hydroxylamine groups is 2. The number of nitrogens with zero attached hydrogens (tertiary/aromatic N) is 2. The zero-order valence-corrected chi connectivity index (χ0v) is 14.0. The largest absolute Gasteiger partial charge is 0.458 e. The zero-order chi connectivity index (χ0) is 19.7. The molecule has 1 radical (unpaired) electrons. The Morgan fingerprint density at radius 2 is 1.70 bits per heavy atom. The molecule has 0 unspecified atom stereocenters. The molecular formula is C18H16F5N2O2. The van der Waals surface area contributed by atoms with E-state index in [-0.39, 0.29) is 11.7 Å². The number of benzene rings is 1. The van der Waals surface area contributed by atoms with Crippen LogP contribution in [0.15, 0.2) is 42.7 Å². The van der Waals surface area contributed by atoms with Crippen molar-refractivity contribution in [1.82, 2.24) is 10.0 Å². The quantitative estimate of drug-likeness (QED) is 0.690. The molecule has 1 fully saturated rings. The van der Waals surface area contributed by atoms with Gasteiger partial charge in [-0.25, -0.2) is 0 Å². The van der Waals surface area contributed by atoms with Gasteiger partial charge in [0, 0.05) is 19.3 Å². The number of rotatable bonds is 4. The maximum Gasteiger partial charge on any atom is 0.458 e. The molecule has 0 aliphatic carbocycles. The summed E-state index contributed by atoms with van der Waals surface area (Å²) in [6.07, 6.45) is -1.79. The van der Waals surface area contributed by atoms with Crippen molar-refractivity contribution in [2.45, 2.75) is 30.9 Å². The Bertz CT molecular complexity index is 789. The number of pyridine rings is 1. The van der Waals surface area contributed by atoms with Crippen LogP contribution in [0.3, 0.4) is 0 Å². The van der Waals surface area contributed by atoms with Crippen LogP contribution in [-0.2, 0) is 11.0 Å². The number of hydrogen-bond acceptors (Lipinski definition) is 3. The van der Waals surface area contributed by atoms with Crippen LogP contribution in [0.2, 0.25) is 0 Å². The number of aromatic nitrogens is 1. The first-order valence-electron chi connectivity index (χ1n) is 8.27. The highest BCUT2D eigenvalue weighted by Crippen LogP contribution is 2.47. The third-order valence-electron chi connectivity index (χ3n) is 4.47. The molecule has 0 bridgehead atoms. The van der Waals surface area contributed by atoms with Gasteiger partial charge in [0.15, 0.2) is 11.5 Å². The van der Waals surface area contributed by atoms with E-state index in [1.807, 2.05) is 0 Å². The lowest BCUT2D eigenvalue weighted by atomic mass is 9.91. The summed E-state index contributed by atoms with van der Waals surface area (Å²) >= 11 is 0. The van der Waals surface area contributed by atoms with Crippen molar-refractivity contribution in [3.05, 3.63) is 53.9 Å². The summed E-state index contributed by atoms with van der Waals surface area (Å²) in [4.78, 5) is 9.21. The van der Waals surface area contributed by atoms with Gasteiger partial charge >= 0.3 is 12.1 Å². The van der Waals surface area contributed by atoms with Crippen molar-refractivity contribution in [3.63, 3.8) is 0 Å². The minimum Gasteiger partial charge on any atom is -0.405 e. The molecule has 1 aliphatic rings. The van der Waals surface area contributed by atoms with Gasteiger partial charge in [-0.15, -0.1) is 5.06 Å². The summed E-state index contributed by atoms with van der Waals surface area (Å²) < 4.78 is 65.6. The van der Waals surface area contributed by atoms with E-state index in [1.54, 1.807) is 6.20 Å².